The van der Waals surface area contributed by atoms with Gasteiger partial charge in [-0.05, 0) is 61.5 Å². The Kier molecular flexibility index (Phi) is 7.35. The smallest absolute Gasteiger partial charge is 0.00130 e. The van der Waals surface area contributed by atoms with Gasteiger partial charge in [-0.1, -0.05) is 75.4 Å². The zero-order valence-corrected chi connectivity index (χ0v) is 15.0. The number of hydrogen-bond acceptors (Lipinski definition) is 1. The summed E-state index contributed by atoms with van der Waals surface area (Å²) in [4.78, 5) is 2.61. The van der Waals surface area contributed by atoms with Gasteiger partial charge in [-0.15, -0.1) is 0 Å². The molecule has 23 heavy (non-hydrogen) atoms. The van der Waals surface area contributed by atoms with Gasteiger partial charge in [0.2, 0.25) is 0 Å². The van der Waals surface area contributed by atoms with Crippen molar-refractivity contribution in [2.24, 2.45) is 0 Å². The molecule has 2 rings (SSSR count). The molecule has 1 unspecified atom stereocenters. The quantitative estimate of drug-likeness (QED) is 0.551. The molecule has 0 saturated heterocycles. The average Bonchev–Trinajstić information content (AvgIpc) is 2.61. The zero-order chi connectivity index (χ0) is 16.5. The van der Waals surface area contributed by atoms with Crippen LogP contribution < -0.4 is 0 Å². The number of hydrogen-bond donors (Lipinski definition) is 0. The molecule has 0 aliphatic heterocycles. The summed E-state index contributed by atoms with van der Waals surface area (Å²) < 4.78 is 0. The Morgan fingerprint density at radius 2 is 1.30 bits per heavy atom. The molecule has 0 aromatic heterocycles. The van der Waals surface area contributed by atoms with E-state index in [4.69, 9.17) is 0 Å². The minimum Gasteiger partial charge on any atom is -0.303 e. The van der Waals surface area contributed by atoms with Gasteiger partial charge in [0.05, 0.1) is 0 Å². The second-order valence-electron chi connectivity index (χ2n) is 6.52. The molecule has 0 N–H and O–H groups in total. The van der Waals surface area contributed by atoms with Crippen molar-refractivity contribution in [1.29, 1.82) is 0 Å². The summed E-state index contributed by atoms with van der Waals surface area (Å²) in [6.45, 7) is 10.6. The lowest BCUT2D eigenvalue weighted by molar-refractivity contribution is 0.265. The van der Waals surface area contributed by atoms with Gasteiger partial charge in [-0.2, -0.15) is 0 Å². The fraction of sp³-hybridized carbons (Fsp3) is 0.455. The van der Waals surface area contributed by atoms with E-state index in [0.717, 1.165) is 0 Å². The van der Waals surface area contributed by atoms with Crippen molar-refractivity contribution >= 4 is 0 Å². The van der Waals surface area contributed by atoms with E-state index in [0.29, 0.717) is 5.92 Å². The molecule has 1 heteroatoms. The molecule has 0 aliphatic rings. The second kappa shape index (κ2) is 9.52. The van der Waals surface area contributed by atoms with Crippen molar-refractivity contribution in [3.63, 3.8) is 0 Å². The van der Waals surface area contributed by atoms with Crippen molar-refractivity contribution in [1.82, 2.24) is 4.90 Å². The first kappa shape index (κ1) is 17.7. The van der Waals surface area contributed by atoms with Crippen molar-refractivity contribution in [2.45, 2.75) is 46.0 Å². The van der Waals surface area contributed by atoms with E-state index < -0.39 is 0 Å². The lowest BCUT2D eigenvalue weighted by Gasteiger charge is -2.23. The van der Waals surface area contributed by atoms with Crippen LogP contribution in [0, 0.1) is 0 Å². The fourth-order valence-electron chi connectivity index (χ4n) is 3.15. The van der Waals surface area contributed by atoms with Crippen LogP contribution in [0.5, 0.6) is 0 Å². The lowest BCUT2D eigenvalue weighted by atomic mass is 9.95. The molecule has 0 saturated carbocycles. The van der Waals surface area contributed by atoms with Crippen LogP contribution in [0.2, 0.25) is 0 Å². The Bertz CT molecular complexity index is 538. The van der Waals surface area contributed by atoms with Crippen LogP contribution in [-0.4, -0.2) is 24.5 Å². The summed E-state index contributed by atoms with van der Waals surface area (Å²) in [5, 5.41) is 0. The molecule has 2 aromatic carbocycles. The topological polar surface area (TPSA) is 3.24 Å². The predicted octanol–water partition coefficient (Wildman–Crippen LogP) is 5.97. The monoisotopic (exact) mass is 309 g/mol. The molecule has 1 nitrogen and oxygen atoms in total. The summed E-state index contributed by atoms with van der Waals surface area (Å²) in [5.41, 5.74) is 4.06. The average molecular weight is 309 g/mol. The van der Waals surface area contributed by atoms with Gasteiger partial charge in [0.15, 0.2) is 0 Å². The van der Waals surface area contributed by atoms with Gasteiger partial charge in [0, 0.05) is 0 Å². The summed E-state index contributed by atoms with van der Waals surface area (Å²) in [6.07, 6.45) is 3.74. The van der Waals surface area contributed by atoms with E-state index in [9.17, 15) is 0 Å². The van der Waals surface area contributed by atoms with E-state index >= 15 is 0 Å². The highest BCUT2D eigenvalue weighted by molar-refractivity contribution is 5.63. The van der Waals surface area contributed by atoms with E-state index in [2.05, 4.69) is 80.3 Å². The SMILES string of the molecule is CCCN(CCC)CCC(C)c1ccc(-c2ccccc2)cc1. The van der Waals surface area contributed by atoms with Crippen LogP contribution >= 0.6 is 0 Å². The largest absolute Gasteiger partial charge is 0.303 e. The van der Waals surface area contributed by atoms with Crippen LogP contribution in [0.4, 0.5) is 0 Å². The first-order valence-electron chi connectivity index (χ1n) is 9.12. The van der Waals surface area contributed by atoms with Crippen molar-refractivity contribution in [3.05, 3.63) is 60.2 Å². The minimum atomic E-state index is 0.621. The fourth-order valence-corrected chi connectivity index (χ4v) is 3.15. The predicted molar refractivity (Wildman–Crippen MR) is 102 cm³/mol. The van der Waals surface area contributed by atoms with E-state index in [1.54, 1.807) is 0 Å². The van der Waals surface area contributed by atoms with Gasteiger partial charge >= 0.3 is 0 Å². The molecule has 2 aromatic rings. The number of rotatable bonds is 9. The molecule has 0 bridgehead atoms. The zero-order valence-electron chi connectivity index (χ0n) is 15.0. The summed E-state index contributed by atoms with van der Waals surface area (Å²) in [7, 11) is 0. The molecule has 0 fully saturated rings. The van der Waals surface area contributed by atoms with Crippen LogP contribution in [0.1, 0.15) is 51.5 Å². The van der Waals surface area contributed by atoms with Gasteiger partial charge in [0.1, 0.15) is 0 Å². The molecule has 1 atom stereocenters. The standard InChI is InChI=1S/C22H31N/c1-4-16-23(17-5-2)18-15-19(3)20-11-13-22(14-12-20)21-9-7-6-8-10-21/h6-14,19H,4-5,15-18H2,1-3H3. The van der Waals surface area contributed by atoms with E-state index in [1.165, 1.54) is 55.6 Å². The Balaban J connectivity index is 1.93. The lowest BCUT2D eigenvalue weighted by Crippen LogP contribution is -2.27. The molecular formula is C22H31N. The van der Waals surface area contributed by atoms with Gasteiger partial charge in [-0.25, -0.2) is 0 Å². The third kappa shape index (κ3) is 5.51. The molecular weight excluding hydrogens is 278 g/mol. The van der Waals surface area contributed by atoms with Crippen molar-refractivity contribution in [3.8, 4) is 11.1 Å². The number of benzene rings is 2. The number of nitrogens with zero attached hydrogens (tertiary/aromatic N) is 1. The molecule has 124 valence electrons. The minimum absolute atomic E-state index is 0.621. The maximum Gasteiger partial charge on any atom is -0.00130 e. The molecule has 0 heterocycles. The van der Waals surface area contributed by atoms with Crippen LogP contribution in [-0.2, 0) is 0 Å². The summed E-state index contributed by atoms with van der Waals surface area (Å²) in [6, 6.07) is 19.7. The highest BCUT2D eigenvalue weighted by Crippen LogP contribution is 2.24. The first-order valence-corrected chi connectivity index (χ1v) is 9.12. The summed E-state index contributed by atoms with van der Waals surface area (Å²) >= 11 is 0. The molecule has 0 amide bonds. The first-order chi connectivity index (χ1) is 11.2. The third-order valence-electron chi connectivity index (χ3n) is 4.54. The van der Waals surface area contributed by atoms with E-state index in [-0.39, 0.29) is 0 Å². The van der Waals surface area contributed by atoms with Crippen molar-refractivity contribution < 1.29 is 0 Å². The van der Waals surface area contributed by atoms with Gasteiger partial charge in [0.25, 0.3) is 0 Å². The maximum absolute atomic E-state index is 2.61. The van der Waals surface area contributed by atoms with Crippen LogP contribution in [0.3, 0.4) is 0 Å². The van der Waals surface area contributed by atoms with Crippen LogP contribution in [0.15, 0.2) is 54.6 Å². The Labute approximate surface area is 142 Å². The van der Waals surface area contributed by atoms with Crippen molar-refractivity contribution in [2.75, 3.05) is 19.6 Å². The Morgan fingerprint density at radius 3 is 1.87 bits per heavy atom. The highest BCUT2D eigenvalue weighted by Gasteiger charge is 2.09. The van der Waals surface area contributed by atoms with Crippen LogP contribution in [0.25, 0.3) is 11.1 Å². The highest BCUT2D eigenvalue weighted by atomic mass is 15.1. The van der Waals surface area contributed by atoms with Gasteiger partial charge in [-0.3, -0.25) is 0 Å². The second-order valence-corrected chi connectivity index (χ2v) is 6.52. The Hall–Kier alpha value is -1.60. The normalized spacial score (nSPS) is 12.5. The van der Waals surface area contributed by atoms with E-state index in [1.807, 2.05) is 0 Å². The summed E-state index contributed by atoms with van der Waals surface area (Å²) in [5.74, 6) is 0.621. The third-order valence-corrected chi connectivity index (χ3v) is 4.54. The molecule has 0 radical (unpaired) electrons. The molecule has 0 spiro atoms. The maximum atomic E-state index is 2.61. The Morgan fingerprint density at radius 1 is 0.739 bits per heavy atom. The van der Waals surface area contributed by atoms with Gasteiger partial charge < -0.3 is 4.90 Å². The molecule has 0 aliphatic carbocycles.